The number of ether oxygens (including phenoxy) is 6. The van der Waals surface area contributed by atoms with Gasteiger partial charge in [0, 0.05) is 6.42 Å². The maximum absolute atomic E-state index is 13.4. The minimum absolute atomic E-state index is 0.141. The third kappa shape index (κ3) is 33.0. The van der Waals surface area contributed by atoms with Crippen LogP contribution in [0.15, 0.2) is 146 Å². The van der Waals surface area contributed by atoms with Crippen molar-refractivity contribution in [1.82, 2.24) is 5.32 Å². The zero-order valence-corrected chi connectivity index (χ0v) is 53.5. The van der Waals surface area contributed by atoms with E-state index in [1.54, 1.807) is 12.2 Å². The van der Waals surface area contributed by atoms with Crippen molar-refractivity contribution in [2.24, 2.45) is 0 Å². The second-order valence-electron chi connectivity index (χ2n) is 22.8. The molecule has 0 saturated carbocycles. The second kappa shape index (κ2) is 51.1. The Morgan fingerprint density at radius 3 is 1.24 bits per heavy atom. The van der Waals surface area contributed by atoms with Gasteiger partial charge in [-0.2, -0.15) is 0 Å². The predicted molar refractivity (Wildman–Crippen MR) is 350 cm³/mol. The fourth-order valence-electron chi connectivity index (χ4n) is 9.99. The summed E-state index contributed by atoms with van der Waals surface area (Å²) < 4.78 is 34.2. The van der Waals surface area contributed by atoms with Crippen LogP contribution in [0.2, 0.25) is 0 Å². The molecular weight excluding hydrogens is 1150 g/mol. The van der Waals surface area contributed by atoms with E-state index in [9.17, 15) is 61.0 Å². The molecule has 0 aromatic carbocycles. The lowest BCUT2D eigenvalue weighted by atomic mass is 9.96. The van der Waals surface area contributed by atoms with Gasteiger partial charge in [0.15, 0.2) is 18.9 Å². The summed E-state index contributed by atoms with van der Waals surface area (Å²) in [6, 6.07) is -1.04. The third-order valence-electron chi connectivity index (χ3n) is 15.3. The summed E-state index contributed by atoms with van der Waals surface area (Å²) in [6.07, 6.45) is 45.4. The van der Waals surface area contributed by atoms with Crippen LogP contribution < -0.4 is 5.32 Å². The highest BCUT2D eigenvalue weighted by Crippen LogP contribution is 2.33. The van der Waals surface area contributed by atoms with Crippen molar-refractivity contribution < 1.29 is 89.4 Å². The minimum Gasteiger partial charge on any atom is -0.394 e. The largest absolute Gasteiger partial charge is 0.394 e. The van der Waals surface area contributed by atoms with Gasteiger partial charge in [-0.3, -0.25) is 4.79 Å². The first-order chi connectivity index (χ1) is 43.8. The van der Waals surface area contributed by atoms with Crippen molar-refractivity contribution in [3.05, 3.63) is 146 Å². The molecule has 1 amide bonds. The van der Waals surface area contributed by atoms with Crippen LogP contribution >= 0.6 is 0 Å². The van der Waals surface area contributed by atoms with Gasteiger partial charge in [-0.1, -0.05) is 192 Å². The smallest absolute Gasteiger partial charge is 0.220 e. The molecule has 12 N–H and O–H groups in total. The highest BCUT2D eigenvalue weighted by atomic mass is 16.8. The molecule has 17 unspecified atom stereocenters. The standard InChI is InChI=1S/C71H113NO18/c1-3-5-7-9-11-13-15-17-19-21-22-23-24-25-26-27-28-29-30-31-32-33-35-37-39-41-43-45-47-49-59(77)72-54(55(76)48-46-44-42-40-38-36-34-20-18-16-14-12-10-8-6-4-2)53-85-69-65(83)62(80)67(57(51-74)87-69)90-71-66(84)63(81)68(58(52-75)88-71)89-70-64(82)61(79)60(78)56(50-73)86-70/h5,7,11,13,17-20,22-23,25-26,28-29,31-32,35,37-38,40-41,43,46,48,54-58,60-71,73-76,78-84H,3-4,6,8-10,12,14-16,21,24,27,30,33-34,36,39,42,44-45,47,49-53H2,1-2H3,(H,72,77)/b7-5-,13-11-,19-17-,20-18+,23-22-,26-25-,29-28-,32-31-,37-35-,40-38+,43-41-,48-46+. The monoisotopic (exact) mass is 1270 g/mol. The van der Waals surface area contributed by atoms with Crippen LogP contribution in [-0.2, 0) is 33.2 Å². The lowest BCUT2D eigenvalue weighted by molar-refractivity contribution is -0.379. The topological polar surface area (TPSA) is 307 Å². The molecule has 3 saturated heterocycles. The Morgan fingerprint density at radius 2 is 0.778 bits per heavy atom. The number of rotatable bonds is 47. The second-order valence-corrected chi connectivity index (χ2v) is 22.8. The van der Waals surface area contributed by atoms with E-state index in [0.717, 1.165) is 83.5 Å². The molecule has 3 fully saturated rings. The number of allylic oxidation sites excluding steroid dienone is 23. The number of unbranched alkanes of at least 4 members (excludes halogenated alkanes) is 9. The molecule has 3 aliphatic heterocycles. The van der Waals surface area contributed by atoms with Crippen molar-refractivity contribution in [1.29, 1.82) is 0 Å². The highest BCUT2D eigenvalue weighted by molar-refractivity contribution is 5.76. The van der Waals surface area contributed by atoms with E-state index >= 15 is 0 Å². The van der Waals surface area contributed by atoms with E-state index in [-0.39, 0.29) is 12.3 Å². The molecule has 3 rings (SSSR count). The van der Waals surface area contributed by atoms with Gasteiger partial charge >= 0.3 is 0 Å². The van der Waals surface area contributed by atoms with Crippen LogP contribution in [0.4, 0.5) is 0 Å². The first-order valence-corrected chi connectivity index (χ1v) is 33.1. The summed E-state index contributed by atoms with van der Waals surface area (Å²) in [5.74, 6) is -0.355. The molecule has 510 valence electrons. The Hall–Kier alpha value is -4.33. The maximum atomic E-state index is 13.4. The first kappa shape index (κ1) is 79.9. The summed E-state index contributed by atoms with van der Waals surface area (Å²) in [5.41, 5.74) is 0. The van der Waals surface area contributed by atoms with Crippen LogP contribution in [0.3, 0.4) is 0 Å². The summed E-state index contributed by atoms with van der Waals surface area (Å²) >= 11 is 0. The zero-order chi connectivity index (χ0) is 65.4. The number of hydrogen-bond acceptors (Lipinski definition) is 18. The fourth-order valence-corrected chi connectivity index (χ4v) is 9.99. The van der Waals surface area contributed by atoms with Gasteiger partial charge in [-0.25, -0.2) is 0 Å². The molecule has 0 aliphatic carbocycles. The third-order valence-corrected chi connectivity index (χ3v) is 15.3. The number of aliphatic hydroxyl groups excluding tert-OH is 11. The van der Waals surface area contributed by atoms with Crippen LogP contribution in [0.25, 0.3) is 0 Å². The average molecular weight is 1270 g/mol. The van der Waals surface area contributed by atoms with E-state index in [4.69, 9.17) is 28.4 Å². The van der Waals surface area contributed by atoms with Crippen LogP contribution in [0, 0.1) is 0 Å². The number of carbonyl (C=O) groups excluding carboxylic acids is 1. The van der Waals surface area contributed by atoms with Gasteiger partial charge < -0.3 is 89.9 Å². The van der Waals surface area contributed by atoms with Gasteiger partial charge in [-0.15, -0.1) is 0 Å². The molecule has 19 nitrogen and oxygen atoms in total. The van der Waals surface area contributed by atoms with Crippen LogP contribution in [-0.4, -0.2) is 193 Å². The number of nitrogens with one attached hydrogen (secondary N) is 1. The lowest BCUT2D eigenvalue weighted by Gasteiger charge is -2.48. The van der Waals surface area contributed by atoms with Crippen molar-refractivity contribution in [3.63, 3.8) is 0 Å². The molecule has 0 spiro atoms. The fraction of sp³-hybridized carbons (Fsp3) is 0.648. The molecule has 17 atom stereocenters. The Kier molecular flexibility index (Phi) is 45.4. The van der Waals surface area contributed by atoms with Crippen molar-refractivity contribution >= 4 is 5.91 Å². The summed E-state index contributed by atoms with van der Waals surface area (Å²) in [6.45, 7) is 1.50. The van der Waals surface area contributed by atoms with E-state index in [0.29, 0.717) is 19.3 Å². The number of hydrogen-bond donors (Lipinski definition) is 12. The van der Waals surface area contributed by atoms with E-state index < -0.39 is 131 Å². The van der Waals surface area contributed by atoms with Crippen molar-refractivity contribution in [2.75, 3.05) is 26.4 Å². The quantitative estimate of drug-likeness (QED) is 0.0203. The minimum atomic E-state index is -2.00. The van der Waals surface area contributed by atoms with Gasteiger partial charge in [0.2, 0.25) is 5.91 Å². The maximum Gasteiger partial charge on any atom is 0.220 e. The van der Waals surface area contributed by atoms with Gasteiger partial charge in [-0.05, 0) is 109 Å². The zero-order valence-electron chi connectivity index (χ0n) is 53.5. The lowest BCUT2D eigenvalue weighted by Crippen LogP contribution is -2.66. The van der Waals surface area contributed by atoms with Crippen LogP contribution in [0.1, 0.15) is 162 Å². The molecule has 0 radical (unpaired) electrons. The van der Waals surface area contributed by atoms with E-state index in [2.05, 4.69) is 141 Å². The Bertz CT molecular complexity index is 2200. The first-order valence-electron chi connectivity index (χ1n) is 33.1. The molecule has 19 heteroatoms. The predicted octanol–water partition coefficient (Wildman–Crippen LogP) is 7.98. The van der Waals surface area contributed by atoms with E-state index in [1.165, 1.54) is 38.5 Å². The van der Waals surface area contributed by atoms with Crippen molar-refractivity contribution in [3.8, 4) is 0 Å². The number of carbonyl (C=O) groups is 1. The van der Waals surface area contributed by atoms with Gasteiger partial charge in [0.1, 0.15) is 73.2 Å². The summed E-state index contributed by atoms with van der Waals surface area (Å²) in [7, 11) is 0. The van der Waals surface area contributed by atoms with Gasteiger partial charge in [0.05, 0.1) is 38.6 Å². The molecule has 0 aromatic heterocycles. The van der Waals surface area contributed by atoms with E-state index in [1.807, 2.05) is 12.2 Å². The molecule has 90 heavy (non-hydrogen) atoms. The van der Waals surface area contributed by atoms with Crippen molar-refractivity contribution in [2.45, 2.75) is 266 Å². The molecule has 3 aliphatic rings. The molecular formula is C71H113NO18. The average Bonchev–Trinajstić information content (AvgIpc) is 1.05. The Morgan fingerprint density at radius 1 is 0.411 bits per heavy atom. The summed E-state index contributed by atoms with van der Waals surface area (Å²) in [4.78, 5) is 13.4. The normalized spacial score (nSPS) is 29.0. The van der Waals surface area contributed by atoms with Crippen LogP contribution in [0.5, 0.6) is 0 Å². The molecule has 3 heterocycles. The molecule has 0 bridgehead atoms. The molecule has 0 aromatic rings. The van der Waals surface area contributed by atoms with Gasteiger partial charge in [0.25, 0.3) is 0 Å². The SMILES string of the molecule is CC/C=C\C/C=C\C/C=C\C/C=C\C/C=C\C/C=C\C/C=C\C/C=C\C/C=C\CCCC(=O)NC(COC1OC(CO)C(OC2OC(CO)C(OC3OC(CO)C(O)C(O)C3O)C(O)C2O)C(O)C1O)C(O)/C=C/CC/C=C/CC/C=C/CCCCCCCC. The number of aliphatic hydroxyl groups is 11. The Balaban J connectivity index is 1.48. The Labute approximate surface area is 536 Å². The number of amides is 1. The highest BCUT2D eigenvalue weighted by Gasteiger charge is 2.53. The summed E-state index contributed by atoms with van der Waals surface area (Å²) in [5, 5.41) is 120.